The van der Waals surface area contributed by atoms with E-state index in [-0.39, 0.29) is 11.7 Å². The first-order valence-electron chi connectivity index (χ1n) is 6.15. The second kappa shape index (κ2) is 4.77. The highest BCUT2D eigenvalue weighted by Crippen LogP contribution is 2.17. The van der Waals surface area contributed by atoms with Crippen molar-refractivity contribution in [2.45, 2.75) is 6.92 Å². The van der Waals surface area contributed by atoms with E-state index in [1.807, 2.05) is 19.1 Å². The number of carbonyl (C=O) groups excluding carboxylic acids is 1. The highest BCUT2D eigenvalue weighted by atomic mass is 19.1. The van der Waals surface area contributed by atoms with E-state index in [1.54, 1.807) is 18.2 Å². The van der Waals surface area contributed by atoms with Crippen LogP contribution in [0.5, 0.6) is 0 Å². The number of aromatic nitrogens is 2. The quantitative estimate of drug-likeness (QED) is 0.750. The normalized spacial score (nSPS) is 10.7. The van der Waals surface area contributed by atoms with Crippen LogP contribution < -0.4 is 5.32 Å². The summed E-state index contributed by atoms with van der Waals surface area (Å²) in [7, 11) is 0. The van der Waals surface area contributed by atoms with Crippen LogP contribution in [0.25, 0.3) is 10.9 Å². The van der Waals surface area contributed by atoms with Gasteiger partial charge in [0.1, 0.15) is 17.3 Å². The van der Waals surface area contributed by atoms with Crippen molar-refractivity contribution in [1.29, 1.82) is 0 Å². The molecule has 0 bridgehead atoms. The Morgan fingerprint density at radius 1 is 1.25 bits per heavy atom. The van der Waals surface area contributed by atoms with Crippen LogP contribution in [0.3, 0.4) is 0 Å². The summed E-state index contributed by atoms with van der Waals surface area (Å²) in [6.07, 6.45) is 0. The molecule has 0 aliphatic rings. The summed E-state index contributed by atoms with van der Waals surface area (Å²) in [6.45, 7) is 1.85. The molecule has 0 saturated heterocycles. The molecule has 5 heteroatoms. The van der Waals surface area contributed by atoms with E-state index in [1.165, 1.54) is 12.1 Å². The molecule has 100 valence electrons. The Bertz CT molecular complexity index is 795. The summed E-state index contributed by atoms with van der Waals surface area (Å²) in [5.41, 5.74) is 1.91. The predicted molar refractivity (Wildman–Crippen MR) is 75.2 cm³/mol. The molecule has 2 aromatic heterocycles. The number of H-pyrrole nitrogens is 1. The number of fused-ring (bicyclic) bond motifs is 1. The number of nitrogens with zero attached hydrogens (tertiary/aromatic N) is 1. The zero-order valence-electron chi connectivity index (χ0n) is 10.8. The summed E-state index contributed by atoms with van der Waals surface area (Å²) < 4.78 is 13.1. The predicted octanol–water partition coefficient (Wildman–Crippen LogP) is 3.26. The van der Waals surface area contributed by atoms with Crippen LogP contribution in [-0.4, -0.2) is 15.9 Å². The summed E-state index contributed by atoms with van der Waals surface area (Å²) in [6, 6.07) is 11.3. The van der Waals surface area contributed by atoms with Gasteiger partial charge in [0, 0.05) is 16.6 Å². The Labute approximate surface area is 114 Å². The van der Waals surface area contributed by atoms with Crippen molar-refractivity contribution in [3.05, 3.63) is 59.7 Å². The third kappa shape index (κ3) is 2.38. The smallest absolute Gasteiger partial charge is 0.273 e. The number of hydrogen-bond donors (Lipinski definition) is 2. The molecule has 0 saturated carbocycles. The number of anilines is 1. The van der Waals surface area contributed by atoms with Gasteiger partial charge in [-0.25, -0.2) is 9.37 Å². The summed E-state index contributed by atoms with van der Waals surface area (Å²) in [5.74, 6) is -0.150. The number of aryl methyl sites for hydroxylation is 1. The van der Waals surface area contributed by atoms with Crippen LogP contribution in [-0.2, 0) is 0 Å². The SMILES string of the molecule is Cc1cccc(NC(=O)c2cc3cc(F)ccc3[nH]2)n1. The molecule has 2 N–H and O–H groups in total. The van der Waals surface area contributed by atoms with Gasteiger partial charge in [-0.1, -0.05) is 6.07 Å². The number of pyridine rings is 1. The standard InChI is InChI=1S/C15H12FN3O/c1-9-3-2-4-14(17-9)19-15(20)13-8-10-7-11(16)5-6-12(10)18-13/h2-8,18H,1H3,(H,17,19,20). The number of halogens is 1. The van der Waals surface area contributed by atoms with Crippen LogP contribution in [0.1, 0.15) is 16.2 Å². The zero-order chi connectivity index (χ0) is 14.1. The molecule has 0 radical (unpaired) electrons. The molecule has 0 aliphatic heterocycles. The van der Waals surface area contributed by atoms with Gasteiger partial charge in [-0.15, -0.1) is 0 Å². The maximum absolute atomic E-state index is 13.1. The lowest BCUT2D eigenvalue weighted by Crippen LogP contribution is -2.13. The number of aromatic amines is 1. The van der Waals surface area contributed by atoms with Crippen LogP contribution >= 0.6 is 0 Å². The molecule has 0 atom stereocenters. The molecule has 1 aromatic carbocycles. The van der Waals surface area contributed by atoms with Gasteiger partial charge in [-0.2, -0.15) is 0 Å². The van der Waals surface area contributed by atoms with E-state index in [2.05, 4.69) is 15.3 Å². The van der Waals surface area contributed by atoms with Crippen molar-refractivity contribution < 1.29 is 9.18 Å². The number of benzene rings is 1. The molecule has 0 fully saturated rings. The molecular weight excluding hydrogens is 257 g/mol. The van der Waals surface area contributed by atoms with E-state index in [0.29, 0.717) is 22.4 Å². The van der Waals surface area contributed by atoms with Gasteiger partial charge in [0.2, 0.25) is 0 Å². The Balaban J connectivity index is 1.88. The number of rotatable bonds is 2. The van der Waals surface area contributed by atoms with E-state index < -0.39 is 0 Å². The number of hydrogen-bond acceptors (Lipinski definition) is 2. The largest absolute Gasteiger partial charge is 0.351 e. The minimum atomic E-state index is -0.330. The lowest BCUT2D eigenvalue weighted by molar-refractivity contribution is 0.102. The first kappa shape index (κ1) is 12.3. The molecule has 0 spiro atoms. The van der Waals surface area contributed by atoms with E-state index >= 15 is 0 Å². The van der Waals surface area contributed by atoms with Crippen molar-refractivity contribution in [3.8, 4) is 0 Å². The Morgan fingerprint density at radius 3 is 2.90 bits per heavy atom. The molecule has 0 aliphatic carbocycles. The van der Waals surface area contributed by atoms with Gasteiger partial charge in [-0.3, -0.25) is 4.79 Å². The van der Waals surface area contributed by atoms with Gasteiger partial charge in [-0.05, 0) is 43.3 Å². The van der Waals surface area contributed by atoms with Gasteiger partial charge >= 0.3 is 0 Å². The van der Waals surface area contributed by atoms with Crippen molar-refractivity contribution >= 4 is 22.6 Å². The molecule has 3 aromatic rings. The second-order valence-electron chi connectivity index (χ2n) is 4.53. The molecule has 3 rings (SSSR count). The number of amides is 1. The Hall–Kier alpha value is -2.69. The van der Waals surface area contributed by atoms with Crippen LogP contribution in [0.2, 0.25) is 0 Å². The molecule has 0 unspecified atom stereocenters. The van der Waals surface area contributed by atoms with E-state index in [0.717, 1.165) is 5.69 Å². The fraction of sp³-hybridized carbons (Fsp3) is 0.0667. The van der Waals surface area contributed by atoms with Crippen LogP contribution in [0.15, 0.2) is 42.5 Å². The molecule has 20 heavy (non-hydrogen) atoms. The van der Waals surface area contributed by atoms with E-state index in [9.17, 15) is 9.18 Å². The Kier molecular flexibility index (Phi) is 2.95. The molecular formula is C15H12FN3O. The summed E-state index contributed by atoms with van der Waals surface area (Å²) in [5, 5.41) is 3.36. The van der Waals surface area contributed by atoms with Crippen molar-refractivity contribution in [1.82, 2.24) is 9.97 Å². The van der Waals surface area contributed by atoms with Gasteiger partial charge in [0.15, 0.2) is 0 Å². The monoisotopic (exact) mass is 269 g/mol. The van der Waals surface area contributed by atoms with Crippen molar-refractivity contribution in [2.75, 3.05) is 5.32 Å². The highest BCUT2D eigenvalue weighted by molar-refractivity contribution is 6.05. The first-order valence-corrected chi connectivity index (χ1v) is 6.15. The third-order valence-electron chi connectivity index (χ3n) is 2.96. The van der Waals surface area contributed by atoms with Gasteiger partial charge in [0.25, 0.3) is 5.91 Å². The first-order chi connectivity index (χ1) is 9.61. The molecule has 4 nitrogen and oxygen atoms in total. The molecule has 1 amide bonds. The average Bonchev–Trinajstić information content (AvgIpc) is 2.81. The van der Waals surface area contributed by atoms with Crippen molar-refractivity contribution in [3.63, 3.8) is 0 Å². The maximum Gasteiger partial charge on any atom is 0.273 e. The van der Waals surface area contributed by atoms with Crippen LogP contribution in [0.4, 0.5) is 10.2 Å². The lowest BCUT2D eigenvalue weighted by atomic mass is 10.2. The van der Waals surface area contributed by atoms with Crippen molar-refractivity contribution in [2.24, 2.45) is 0 Å². The second-order valence-corrected chi connectivity index (χ2v) is 4.53. The topological polar surface area (TPSA) is 57.8 Å². The third-order valence-corrected chi connectivity index (χ3v) is 2.96. The molecule has 2 heterocycles. The number of nitrogens with one attached hydrogen (secondary N) is 2. The summed E-state index contributed by atoms with van der Waals surface area (Å²) in [4.78, 5) is 19.3. The maximum atomic E-state index is 13.1. The fourth-order valence-corrected chi connectivity index (χ4v) is 2.02. The lowest BCUT2D eigenvalue weighted by Gasteiger charge is -2.03. The van der Waals surface area contributed by atoms with Gasteiger partial charge in [0.05, 0.1) is 0 Å². The summed E-state index contributed by atoms with van der Waals surface area (Å²) >= 11 is 0. The fourth-order valence-electron chi connectivity index (χ4n) is 2.02. The van der Waals surface area contributed by atoms with Crippen LogP contribution in [0, 0.1) is 12.7 Å². The minimum absolute atomic E-state index is 0.306. The Morgan fingerprint density at radius 2 is 2.10 bits per heavy atom. The minimum Gasteiger partial charge on any atom is -0.351 e. The average molecular weight is 269 g/mol. The van der Waals surface area contributed by atoms with Gasteiger partial charge < -0.3 is 10.3 Å². The zero-order valence-corrected chi connectivity index (χ0v) is 10.8. The number of carbonyl (C=O) groups is 1. The van der Waals surface area contributed by atoms with E-state index in [4.69, 9.17) is 0 Å². The highest BCUT2D eigenvalue weighted by Gasteiger charge is 2.10.